The Kier molecular flexibility index (Phi) is 4.52. The van der Waals surface area contributed by atoms with Crippen molar-refractivity contribution in [3.8, 4) is 5.75 Å². The van der Waals surface area contributed by atoms with Gasteiger partial charge in [-0.25, -0.2) is 0 Å². The number of carbonyl (C=O) groups excluding carboxylic acids is 1. The summed E-state index contributed by atoms with van der Waals surface area (Å²) in [6.07, 6.45) is 2.74. The summed E-state index contributed by atoms with van der Waals surface area (Å²) in [5, 5.41) is 0. The van der Waals surface area contributed by atoms with Gasteiger partial charge in [-0.15, -0.1) is 0 Å². The number of nitrogens with zero attached hydrogens (tertiary/aromatic N) is 2. The molecule has 5 heteroatoms. The topological polar surface area (TPSA) is 60.5 Å². The number of nitrogen functional groups attached to an aromatic ring is 1. The molecule has 0 bridgehead atoms. The van der Waals surface area contributed by atoms with E-state index in [4.69, 9.17) is 10.5 Å². The van der Waals surface area contributed by atoms with Crippen molar-refractivity contribution in [2.75, 3.05) is 24.8 Å². The Morgan fingerprint density at radius 3 is 2.76 bits per heavy atom. The Labute approximate surface area is 124 Å². The number of amides is 1. The highest BCUT2D eigenvalue weighted by molar-refractivity contribution is 6.06. The molecule has 1 amide bonds. The molecular formula is C16H21N3O2. The third-order valence-electron chi connectivity index (χ3n) is 3.35. The molecule has 0 radical (unpaired) electrons. The third-order valence-corrected chi connectivity index (χ3v) is 3.35. The average molecular weight is 287 g/mol. The van der Waals surface area contributed by atoms with Crippen LogP contribution in [0.15, 0.2) is 36.5 Å². The van der Waals surface area contributed by atoms with Gasteiger partial charge in [0.25, 0.3) is 5.91 Å². The summed E-state index contributed by atoms with van der Waals surface area (Å²) >= 11 is 0. The summed E-state index contributed by atoms with van der Waals surface area (Å²) in [6, 6.07) is 9.15. The number of methoxy groups -OCH3 is 1. The van der Waals surface area contributed by atoms with Crippen LogP contribution in [-0.2, 0) is 6.54 Å². The van der Waals surface area contributed by atoms with Gasteiger partial charge in [0.2, 0.25) is 0 Å². The molecule has 112 valence electrons. The number of aryl methyl sites for hydroxylation is 1. The first-order chi connectivity index (χ1) is 10.1. The highest BCUT2D eigenvalue weighted by atomic mass is 16.5. The van der Waals surface area contributed by atoms with Gasteiger partial charge in [0, 0.05) is 19.8 Å². The van der Waals surface area contributed by atoms with E-state index >= 15 is 0 Å². The zero-order chi connectivity index (χ0) is 15.4. The van der Waals surface area contributed by atoms with Gasteiger partial charge in [0.05, 0.1) is 18.5 Å². The number of anilines is 2. The van der Waals surface area contributed by atoms with Gasteiger partial charge in [0.1, 0.15) is 11.4 Å². The van der Waals surface area contributed by atoms with E-state index in [0.29, 0.717) is 17.1 Å². The Balaban J connectivity index is 2.35. The molecule has 2 N–H and O–H groups in total. The molecule has 0 aliphatic carbocycles. The summed E-state index contributed by atoms with van der Waals surface area (Å²) in [5.41, 5.74) is 7.74. The molecule has 0 saturated heterocycles. The second kappa shape index (κ2) is 6.35. The lowest BCUT2D eigenvalue weighted by molar-refractivity contribution is 0.0983. The lowest BCUT2D eigenvalue weighted by Gasteiger charge is -2.20. The molecule has 2 rings (SSSR count). The molecule has 2 aromatic rings. The van der Waals surface area contributed by atoms with Crippen molar-refractivity contribution in [1.29, 1.82) is 0 Å². The lowest BCUT2D eigenvalue weighted by Crippen LogP contribution is -2.28. The van der Waals surface area contributed by atoms with Crippen LogP contribution in [0.2, 0.25) is 0 Å². The molecule has 21 heavy (non-hydrogen) atoms. The molecule has 0 saturated carbocycles. The van der Waals surface area contributed by atoms with E-state index in [1.54, 1.807) is 31.3 Å². The van der Waals surface area contributed by atoms with E-state index in [2.05, 4.69) is 6.92 Å². The second-order valence-electron chi connectivity index (χ2n) is 4.89. The summed E-state index contributed by atoms with van der Waals surface area (Å²) in [6.45, 7) is 2.83. The van der Waals surface area contributed by atoms with E-state index in [1.165, 1.54) is 0 Å². The zero-order valence-corrected chi connectivity index (χ0v) is 12.7. The highest BCUT2D eigenvalue weighted by Crippen LogP contribution is 2.28. The number of para-hydroxylation sites is 2. The largest absolute Gasteiger partial charge is 0.495 e. The average Bonchev–Trinajstić information content (AvgIpc) is 2.86. The molecule has 0 aliphatic rings. The van der Waals surface area contributed by atoms with Crippen LogP contribution >= 0.6 is 0 Å². The Hall–Kier alpha value is -2.43. The van der Waals surface area contributed by atoms with E-state index in [1.807, 2.05) is 28.8 Å². The van der Waals surface area contributed by atoms with Gasteiger partial charge in [-0.1, -0.05) is 19.1 Å². The minimum atomic E-state index is -0.107. The Morgan fingerprint density at radius 1 is 1.38 bits per heavy atom. The first-order valence-electron chi connectivity index (χ1n) is 6.95. The van der Waals surface area contributed by atoms with Crippen molar-refractivity contribution in [2.45, 2.75) is 19.9 Å². The number of aromatic nitrogens is 1. The zero-order valence-electron chi connectivity index (χ0n) is 12.7. The van der Waals surface area contributed by atoms with Crippen LogP contribution in [0.1, 0.15) is 23.8 Å². The van der Waals surface area contributed by atoms with Crippen molar-refractivity contribution in [3.05, 3.63) is 42.2 Å². The van der Waals surface area contributed by atoms with E-state index < -0.39 is 0 Å². The molecule has 1 heterocycles. The predicted molar refractivity (Wildman–Crippen MR) is 84.9 cm³/mol. The fourth-order valence-corrected chi connectivity index (χ4v) is 2.33. The SMILES string of the molecule is CCCn1cc(N)cc1C(=O)N(C)c1ccccc1OC. The number of hydrogen-bond donors (Lipinski definition) is 1. The molecule has 0 spiro atoms. The maximum absolute atomic E-state index is 12.7. The van der Waals surface area contributed by atoms with Crippen molar-refractivity contribution >= 4 is 17.3 Å². The lowest BCUT2D eigenvalue weighted by atomic mass is 10.2. The van der Waals surface area contributed by atoms with Crippen LogP contribution in [0.5, 0.6) is 5.75 Å². The molecule has 0 fully saturated rings. The van der Waals surface area contributed by atoms with Gasteiger partial charge in [-0.2, -0.15) is 0 Å². The van der Waals surface area contributed by atoms with Gasteiger partial charge < -0.3 is 19.9 Å². The van der Waals surface area contributed by atoms with Crippen LogP contribution in [-0.4, -0.2) is 24.6 Å². The van der Waals surface area contributed by atoms with Crippen LogP contribution < -0.4 is 15.4 Å². The number of carbonyl (C=O) groups is 1. The normalized spacial score (nSPS) is 10.4. The fraction of sp³-hybridized carbons (Fsp3) is 0.312. The summed E-state index contributed by atoms with van der Waals surface area (Å²) in [4.78, 5) is 14.3. The maximum Gasteiger partial charge on any atom is 0.274 e. The molecule has 1 aromatic carbocycles. The van der Waals surface area contributed by atoms with Crippen LogP contribution in [0, 0.1) is 0 Å². The first kappa shape index (κ1) is 15.0. The quantitative estimate of drug-likeness (QED) is 0.920. The van der Waals surface area contributed by atoms with Gasteiger partial charge >= 0.3 is 0 Å². The highest BCUT2D eigenvalue weighted by Gasteiger charge is 2.20. The van der Waals surface area contributed by atoms with Crippen LogP contribution in [0.25, 0.3) is 0 Å². The molecule has 1 aromatic heterocycles. The summed E-state index contributed by atoms with van der Waals surface area (Å²) in [7, 11) is 3.33. The van der Waals surface area contributed by atoms with E-state index in [0.717, 1.165) is 18.7 Å². The van der Waals surface area contributed by atoms with Crippen LogP contribution in [0.3, 0.4) is 0 Å². The predicted octanol–water partition coefficient (Wildman–Crippen LogP) is 2.77. The summed E-state index contributed by atoms with van der Waals surface area (Å²) < 4.78 is 7.20. The second-order valence-corrected chi connectivity index (χ2v) is 4.89. The van der Waals surface area contributed by atoms with Crippen molar-refractivity contribution in [3.63, 3.8) is 0 Å². The van der Waals surface area contributed by atoms with Gasteiger partial charge in [0.15, 0.2) is 0 Å². The van der Waals surface area contributed by atoms with E-state index in [9.17, 15) is 4.79 Å². The van der Waals surface area contributed by atoms with E-state index in [-0.39, 0.29) is 5.91 Å². The van der Waals surface area contributed by atoms with Crippen molar-refractivity contribution in [1.82, 2.24) is 4.57 Å². The number of rotatable bonds is 5. The van der Waals surface area contributed by atoms with Crippen molar-refractivity contribution < 1.29 is 9.53 Å². The number of ether oxygens (including phenoxy) is 1. The summed E-state index contributed by atoms with van der Waals surface area (Å²) in [5.74, 6) is 0.555. The smallest absolute Gasteiger partial charge is 0.274 e. The molecule has 5 nitrogen and oxygen atoms in total. The van der Waals surface area contributed by atoms with Gasteiger partial charge in [-0.05, 0) is 24.6 Å². The minimum absolute atomic E-state index is 0.107. The maximum atomic E-state index is 12.7. The molecular weight excluding hydrogens is 266 g/mol. The van der Waals surface area contributed by atoms with Crippen LogP contribution in [0.4, 0.5) is 11.4 Å². The molecule has 0 aliphatic heterocycles. The fourth-order valence-electron chi connectivity index (χ4n) is 2.33. The van der Waals surface area contributed by atoms with Crippen molar-refractivity contribution in [2.24, 2.45) is 0 Å². The Bertz CT molecular complexity index is 634. The molecule has 0 unspecified atom stereocenters. The number of nitrogens with two attached hydrogens (primary N) is 1. The third kappa shape index (κ3) is 3.02. The monoisotopic (exact) mass is 287 g/mol. The van der Waals surface area contributed by atoms with Gasteiger partial charge in [-0.3, -0.25) is 4.79 Å². The minimum Gasteiger partial charge on any atom is -0.495 e. The number of hydrogen-bond acceptors (Lipinski definition) is 3. The standard InChI is InChI=1S/C16H21N3O2/c1-4-9-19-11-12(17)10-14(19)16(20)18(2)13-7-5-6-8-15(13)21-3/h5-8,10-11H,4,9,17H2,1-3H3. The molecule has 0 atom stereocenters. The first-order valence-corrected chi connectivity index (χ1v) is 6.95. The number of benzene rings is 1. The Morgan fingerprint density at radius 2 is 2.10 bits per heavy atom.